The van der Waals surface area contributed by atoms with Gasteiger partial charge in [0, 0.05) is 35.4 Å². The first kappa shape index (κ1) is 16.3. The summed E-state index contributed by atoms with van der Waals surface area (Å²) in [5.74, 6) is -7.74. The zero-order chi connectivity index (χ0) is 16.6. The fourth-order valence-electron chi connectivity index (χ4n) is 2.10. The summed E-state index contributed by atoms with van der Waals surface area (Å²) in [5.41, 5.74) is 9.44. The molecule has 0 aliphatic heterocycles. The summed E-state index contributed by atoms with van der Waals surface area (Å²) in [6.07, 6.45) is 0. The number of hydrogen-bond acceptors (Lipinski definition) is 2. The van der Waals surface area contributed by atoms with Crippen LogP contribution in [-0.2, 0) is 0 Å². The molecule has 2 atom stereocenters. The van der Waals surface area contributed by atoms with Crippen molar-refractivity contribution in [2.45, 2.75) is 12.1 Å². The molecule has 2 rings (SSSR count). The molecule has 118 valence electrons. The second kappa shape index (κ2) is 5.98. The molecule has 0 aromatic heterocycles. The Kier molecular flexibility index (Phi) is 4.43. The molecule has 8 heteroatoms. The third-order valence-corrected chi connectivity index (χ3v) is 3.14. The van der Waals surface area contributed by atoms with Crippen LogP contribution in [0.15, 0.2) is 24.3 Å². The molecule has 0 saturated heterocycles. The number of nitrogens with two attached hydrogens (primary N) is 2. The average molecular weight is 320 g/mol. The Balaban J connectivity index is 2.49. The lowest BCUT2D eigenvalue weighted by Crippen LogP contribution is -2.30. The Morgan fingerprint density at radius 2 is 0.773 bits per heavy atom. The van der Waals surface area contributed by atoms with E-state index in [0.29, 0.717) is 24.3 Å². The summed E-state index contributed by atoms with van der Waals surface area (Å²) in [7, 11) is 0. The predicted molar refractivity (Wildman–Crippen MR) is 66.5 cm³/mol. The maximum absolute atomic E-state index is 13.6. The van der Waals surface area contributed by atoms with E-state index >= 15 is 0 Å². The molecule has 0 heterocycles. The molecule has 2 aromatic rings. The van der Waals surface area contributed by atoms with Gasteiger partial charge in [-0.25, -0.2) is 26.3 Å². The number of benzene rings is 2. The first-order valence-electron chi connectivity index (χ1n) is 6.02. The van der Waals surface area contributed by atoms with Gasteiger partial charge in [-0.15, -0.1) is 0 Å². The molecule has 0 aliphatic carbocycles. The van der Waals surface area contributed by atoms with Crippen LogP contribution < -0.4 is 11.5 Å². The van der Waals surface area contributed by atoms with Crippen LogP contribution in [0.5, 0.6) is 0 Å². The first-order chi connectivity index (χ1) is 10.2. The van der Waals surface area contributed by atoms with Crippen molar-refractivity contribution in [2.24, 2.45) is 11.5 Å². The highest BCUT2D eigenvalue weighted by molar-refractivity contribution is 5.31. The van der Waals surface area contributed by atoms with Crippen molar-refractivity contribution in [3.63, 3.8) is 0 Å². The van der Waals surface area contributed by atoms with Crippen molar-refractivity contribution in [1.29, 1.82) is 0 Å². The van der Waals surface area contributed by atoms with Crippen molar-refractivity contribution in [3.05, 3.63) is 70.3 Å². The summed E-state index contributed by atoms with van der Waals surface area (Å²) >= 11 is 0. The fourth-order valence-corrected chi connectivity index (χ4v) is 2.10. The van der Waals surface area contributed by atoms with E-state index in [1.807, 2.05) is 0 Å². The van der Waals surface area contributed by atoms with E-state index in [1.54, 1.807) is 0 Å². The lowest BCUT2D eigenvalue weighted by atomic mass is 9.93. The molecule has 0 bridgehead atoms. The number of halogens is 6. The van der Waals surface area contributed by atoms with E-state index in [0.717, 1.165) is 0 Å². The summed E-state index contributed by atoms with van der Waals surface area (Å²) in [5, 5.41) is 0. The Bertz CT molecular complexity index is 611. The number of rotatable bonds is 3. The maximum atomic E-state index is 13.6. The Labute approximate surface area is 121 Å². The molecular weight excluding hydrogens is 310 g/mol. The zero-order valence-electron chi connectivity index (χ0n) is 10.9. The summed E-state index contributed by atoms with van der Waals surface area (Å²) in [4.78, 5) is 0. The first-order valence-corrected chi connectivity index (χ1v) is 6.02. The van der Waals surface area contributed by atoms with Crippen molar-refractivity contribution >= 4 is 0 Å². The second-order valence-corrected chi connectivity index (χ2v) is 4.62. The SMILES string of the molecule is N[C@@H](c1c(F)cc(F)cc1F)[C@@H](N)c1c(F)cc(F)cc1F. The van der Waals surface area contributed by atoms with Crippen molar-refractivity contribution in [2.75, 3.05) is 0 Å². The van der Waals surface area contributed by atoms with E-state index in [-0.39, 0.29) is 0 Å². The quantitative estimate of drug-likeness (QED) is 0.853. The van der Waals surface area contributed by atoms with Crippen LogP contribution in [-0.4, -0.2) is 0 Å². The van der Waals surface area contributed by atoms with Gasteiger partial charge in [0.1, 0.15) is 34.9 Å². The topological polar surface area (TPSA) is 52.0 Å². The van der Waals surface area contributed by atoms with Crippen molar-refractivity contribution in [1.82, 2.24) is 0 Å². The van der Waals surface area contributed by atoms with Crippen LogP contribution in [0.25, 0.3) is 0 Å². The minimum atomic E-state index is -1.71. The van der Waals surface area contributed by atoms with Crippen molar-refractivity contribution < 1.29 is 26.3 Å². The molecule has 0 aliphatic rings. The van der Waals surface area contributed by atoms with Gasteiger partial charge in [-0.1, -0.05) is 0 Å². The Morgan fingerprint density at radius 3 is 1.00 bits per heavy atom. The van der Waals surface area contributed by atoms with Gasteiger partial charge in [0.15, 0.2) is 0 Å². The van der Waals surface area contributed by atoms with Crippen LogP contribution in [0.4, 0.5) is 26.3 Å². The largest absolute Gasteiger partial charge is 0.322 e. The van der Waals surface area contributed by atoms with Gasteiger partial charge < -0.3 is 11.5 Å². The van der Waals surface area contributed by atoms with E-state index in [9.17, 15) is 26.3 Å². The van der Waals surface area contributed by atoms with Crippen molar-refractivity contribution in [3.8, 4) is 0 Å². The van der Waals surface area contributed by atoms with Gasteiger partial charge >= 0.3 is 0 Å². The highest BCUT2D eigenvalue weighted by Crippen LogP contribution is 2.32. The Morgan fingerprint density at radius 1 is 0.545 bits per heavy atom. The molecule has 0 unspecified atom stereocenters. The molecular formula is C14H10F6N2. The van der Waals surface area contributed by atoms with Gasteiger partial charge in [-0.3, -0.25) is 0 Å². The minimum absolute atomic E-state index is 0.363. The molecule has 0 radical (unpaired) electrons. The van der Waals surface area contributed by atoms with Gasteiger partial charge in [-0.2, -0.15) is 0 Å². The fraction of sp³-hybridized carbons (Fsp3) is 0.143. The normalized spacial score (nSPS) is 14.0. The average Bonchev–Trinajstić information content (AvgIpc) is 2.35. The Hall–Kier alpha value is -2.06. The highest BCUT2D eigenvalue weighted by Gasteiger charge is 2.29. The summed E-state index contributed by atoms with van der Waals surface area (Å²) in [6, 6.07) is -1.97. The molecule has 4 N–H and O–H groups in total. The third kappa shape index (κ3) is 2.93. The second-order valence-electron chi connectivity index (χ2n) is 4.62. The van der Waals surface area contributed by atoms with Gasteiger partial charge in [0.05, 0.1) is 12.1 Å². The molecule has 22 heavy (non-hydrogen) atoms. The van der Waals surface area contributed by atoms with Crippen LogP contribution in [0.1, 0.15) is 23.2 Å². The lowest BCUT2D eigenvalue weighted by Gasteiger charge is -2.22. The van der Waals surface area contributed by atoms with E-state index in [4.69, 9.17) is 11.5 Å². The third-order valence-electron chi connectivity index (χ3n) is 3.14. The van der Waals surface area contributed by atoms with Crippen LogP contribution in [0, 0.1) is 34.9 Å². The summed E-state index contributed by atoms with van der Waals surface area (Å²) < 4.78 is 80.3. The monoisotopic (exact) mass is 320 g/mol. The van der Waals surface area contributed by atoms with Gasteiger partial charge in [-0.05, 0) is 0 Å². The smallest absolute Gasteiger partial charge is 0.133 e. The lowest BCUT2D eigenvalue weighted by molar-refractivity contribution is 0.442. The molecule has 2 nitrogen and oxygen atoms in total. The maximum Gasteiger partial charge on any atom is 0.133 e. The van der Waals surface area contributed by atoms with Gasteiger partial charge in [0.25, 0.3) is 0 Å². The minimum Gasteiger partial charge on any atom is -0.322 e. The molecule has 0 fully saturated rings. The van der Waals surface area contributed by atoms with Crippen LogP contribution in [0.2, 0.25) is 0 Å². The van der Waals surface area contributed by atoms with E-state index < -0.39 is 58.1 Å². The van der Waals surface area contributed by atoms with E-state index in [1.165, 1.54) is 0 Å². The van der Waals surface area contributed by atoms with Crippen LogP contribution >= 0.6 is 0 Å². The molecule has 0 saturated carbocycles. The summed E-state index contributed by atoms with van der Waals surface area (Å²) in [6.45, 7) is 0. The van der Waals surface area contributed by atoms with E-state index in [2.05, 4.69) is 0 Å². The molecule has 2 aromatic carbocycles. The highest BCUT2D eigenvalue weighted by atomic mass is 19.2. The standard InChI is InChI=1S/C14H10F6N2/c15-5-1-7(17)11(8(18)2-5)13(21)14(22)12-9(19)3-6(16)4-10(12)20/h1-4,13-14H,21-22H2/t13-,14-/m0/s1. The predicted octanol–water partition coefficient (Wildman–Crippen LogP) is 3.22. The van der Waals surface area contributed by atoms with Gasteiger partial charge in [0.2, 0.25) is 0 Å². The number of hydrogen-bond donors (Lipinski definition) is 2. The van der Waals surface area contributed by atoms with Crippen LogP contribution in [0.3, 0.4) is 0 Å². The zero-order valence-corrected chi connectivity index (χ0v) is 10.9. The molecule has 0 amide bonds. The molecule has 0 spiro atoms.